The molecule has 3 rings (SSSR count). The highest BCUT2D eigenvalue weighted by atomic mass is 32.2. The second-order valence-corrected chi connectivity index (χ2v) is 8.85. The zero-order valence-corrected chi connectivity index (χ0v) is 14.4. The Morgan fingerprint density at radius 2 is 1.91 bits per heavy atom. The number of nitrogens with zero attached hydrogens (tertiary/aromatic N) is 4. The van der Waals surface area contributed by atoms with Crippen LogP contribution in [0.1, 0.15) is 30.9 Å². The number of carbonyl (C=O) groups excluding carboxylic acids is 1. The summed E-state index contributed by atoms with van der Waals surface area (Å²) < 4.78 is 22.9. The summed E-state index contributed by atoms with van der Waals surface area (Å²) in [5.41, 5.74) is 0. The average Bonchev–Trinajstić information content (AvgIpc) is 2.82. The van der Waals surface area contributed by atoms with Crippen LogP contribution in [0, 0.1) is 6.92 Å². The number of nitrogens with one attached hydrogen (secondary N) is 1. The van der Waals surface area contributed by atoms with Crippen molar-refractivity contribution < 1.29 is 13.2 Å². The lowest BCUT2D eigenvalue weighted by atomic mass is 9.83. The van der Waals surface area contributed by atoms with E-state index in [1.165, 1.54) is 6.26 Å². The fourth-order valence-electron chi connectivity index (χ4n) is 3.30. The molecule has 1 amide bonds. The maximum atomic E-state index is 12.7. The third-order valence-corrected chi connectivity index (χ3v) is 6.93. The van der Waals surface area contributed by atoms with Gasteiger partial charge in [0.25, 0.3) is 0 Å². The molecule has 1 aliphatic heterocycles. The molecule has 0 spiro atoms. The Balaban J connectivity index is 1.59. The van der Waals surface area contributed by atoms with Crippen LogP contribution in [0.2, 0.25) is 0 Å². The Morgan fingerprint density at radius 3 is 2.35 bits per heavy atom. The molecule has 9 heteroatoms. The summed E-state index contributed by atoms with van der Waals surface area (Å²) in [5, 5.41) is 6.94. The molecular weight excluding hydrogens is 318 g/mol. The fraction of sp³-hybridized carbons (Fsp3) is 0.786. The molecule has 8 nitrogen and oxygen atoms in total. The van der Waals surface area contributed by atoms with Gasteiger partial charge < -0.3 is 4.90 Å². The van der Waals surface area contributed by atoms with Gasteiger partial charge in [0.05, 0.1) is 6.54 Å². The molecule has 0 unspecified atom stereocenters. The highest BCUT2D eigenvalue weighted by Gasteiger charge is 2.54. The van der Waals surface area contributed by atoms with E-state index in [-0.39, 0.29) is 5.91 Å². The number of rotatable bonds is 4. The number of aromatic amines is 1. The van der Waals surface area contributed by atoms with E-state index in [1.54, 1.807) is 4.90 Å². The van der Waals surface area contributed by atoms with E-state index < -0.39 is 14.6 Å². The summed E-state index contributed by atoms with van der Waals surface area (Å²) in [4.78, 5) is 20.9. The number of aryl methyl sites for hydroxylation is 1. The highest BCUT2D eigenvalue weighted by Crippen LogP contribution is 2.40. The molecule has 0 aromatic carbocycles. The van der Waals surface area contributed by atoms with Gasteiger partial charge in [0.1, 0.15) is 5.82 Å². The first kappa shape index (κ1) is 16.4. The van der Waals surface area contributed by atoms with Crippen molar-refractivity contribution >= 4 is 15.7 Å². The molecule has 23 heavy (non-hydrogen) atoms. The minimum absolute atomic E-state index is 0.209. The standard InChI is InChI=1S/C14H23N5O3S/c1-11-15-12(17-16-11)10-18-6-8-19(9-7-18)13(20)14(4-3-5-14)23(2,21)22/h3-10H2,1-2H3,(H,15,16,17). The van der Waals surface area contributed by atoms with E-state index in [4.69, 9.17) is 0 Å². The highest BCUT2D eigenvalue weighted by molar-refractivity contribution is 7.93. The van der Waals surface area contributed by atoms with Gasteiger partial charge in [-0.15, -0.1) is 0 Å². The second-order valence-electron chi connectivity index (χ2n) is 6.53. The van der Waals surface area contributed by atoms with Gasteiger partial charge in [0.2, 0.25) is 5.91 Å². The fourth-order valence-corrected chi connectivity index (χ4v) is 4.77. The molecule has 1 aromatic rings. The van der Waals surface area contributed by atoms with Crippen molar-refractivity contribution in [2.75, 3.05) is 32.4 Å². The molecule has 128 valence electrons. The van der Waals surface area contributed by atoms with Gasteiger partial charge >= 0.3 is 0 Å². The Hall–Kier alpha value is -1.48. The molecule has 0 bridgehead atoms. The number of sulfone groups is 1. The summed E-state index contributed by atoms with van der Waals surface area (Å²) in [7, 11) is -3.36. The third kappa shape index (κ3) is 2.99. The molecule has 1 saturated carbocycles. The first-order valence-electron chi connectivity index (χ1n) is 7.91. The van der Waals surface area contributed by atoms with Gasteiger partial charge in [-0.1, -0.05) is 0 Å². The van der Waals surface area contributed by atoms with Crippen LogP contribution in [0.4, 0.5) is 0 Å². The van der Waals surface area contributed by atoms with Gasteiger partial charge in [0, 0.05) is 32.4 Å². The zero-order valence-electron chi connectivity index (χ0n) is 13.6. The molecular formula is C14H23N5O3S. The van der Waals surface area contributed by atoms with Gasteiger partial charge in [-0.25, -0.2) is 13.4 Å². The predicted octanol–water partition coefficient (Wildman–Crippen LogP) is -0.275. The lowest BCUT2D eigenvalue weighted by molar-refractivity contribution is -0.138. The quantitative estimate of drug-likeness (QED) is 0.809. The largest absolute Gasteiger partial charge is 0.339 e. The van der Waals surface area contributed by atoms with Crippen LogP contribution in [-0.4, -0.2) is 76.5 Å². The molecule has 2 aliphatic rings. The first-order valence-corrected chi connectivity index (χ1v) is 9.80. The summed E-state index contributed by atoms with van der Waals surface area (Å²) in [6.07, 6.45) is 2.91. The lowest BCUT2D eigenvalue weighted by Crippen LogP contribution is -2.61. The smallest absolute Gasteiger partial charge is 0.244 e. The van der Waals surface area contributed by atoms with Crippen LogP contribution < -0.4 is 0 Å². The van der Waals surface area contributed by atoms with E-state index in [2.05, 4.69) is 20.1 Å². The minimum Gasteiger partial charge on any atom is -0.339 e. The van der Waals surface area contributed by atoms with E-state index in [1.807, 2.05) is 6.92 Å². The van der Waals surface area contributed by atoms with Crippen molar-refractivity contribution in [3.05, 3.63) is 11.6 Å². The molecule has 2 heterocycles. The van der Waals surface area contributed by atoms with E-state index >= 15 is 0 Å². The van der Waals surface area contributed by atoms with Crippen LogP contribution in [0.3, 0.4) is 0 Å². The van der Waals surface area contributed by atoms with E-state index in [0.717, 1.165) is 18.1 Å². The van der Waals surface area contributed by atoms with Gasteiger partial charge in [-0.05, 0) is 26.2 Å². The summed E-state index contributed by atoms with van der Waals surface area (Å²) in [6, 6.07) is 0. The lowest BCUT2D eigenvalue weighted by Gasteiger charge is -2.44. The van der Waals surface area contributed by atoms with E-state index in [9.17, 15) is 13.2 Å². The molecule has 1 aromatic heterocycles. The normalized spacial score (nSPS) is 21.9. The van der Waals surface area contributed by atoms with Crippen molar-refractivity contribution in [1.29, 1.82) is 0 Å². The number of hydrogen-bond donors (Lipinski definition) is 1. The zero-order chi connectivity index (χ0) is 16.7. The molecule has 1 aliphatic carbocycles. The number of carbonyl (C=O) groups is 1. The maximum absolute atomic E-state index is 12.7. The predicted molar refractivity (Wildman–Crippen MR) is 84.4 cm³/mol. The molecule has 2 fully saturated rings. The summed E-state index contributed by atoms with van der Waals surface area (Å²) in [6.45, 7) is 5.03. The van der Waals surface area contributed by atoms with Gasteiger partial charge in [0.15, 0.2) is 20.4 Å². The van der Waals surface area contributed by atoms with Crippen molar-refractivity contribution in [2.24, 2.45) is 0 Å². The van der Waals surface area contributed by atoms with Gasteiger partial charge in [-0.2, -0.15) is 5.10 Å². The van der Waals surface area contributed by atoms with Crippen molar-refractivity contribution in [3.8, 4) is 0 Å². The van der Waals surface area contributed by atoms with Crippen LogP contribution in [0.25, 0.3) is 0 Å². The topological polar surface area (TPSA) is 99.3 Å². The van der Waals surface area contributed by atoms with Crippen molar-refractivity contribution in [1.82, 2.24) is 25.0 Å². The second kappa shape index (κ2) is 5.86. The average molecular weight is 341 g/mol. The van der Waals surface area contributed by atoms with Crippen LogP contribution in [-0.2, 0) is 21.2 Å². The number of aromatic nitrogens is 3. The summed E-state index contributed by atoms with van der Waals surface area (Å²) >= 11 is 0. The molecule has 1 N–H and O–H groups in total. The SMILES string of the molecule is Cc1nc(CN2CCN(C(=O)C3(S(C)(=O)=O)CCC3)CC2)n[nH]1. The Kier molecular flexibility index (Phi) is 4.18. The number of hydrogen-bond acceptors (Lipinski definition) is 6. The van der Waals surface area contributed by atoms with Crippen LogP contribution in [0.15, 0.2) is 0 Å². The molecule has 0 radical (unpaired) electrons. The Labute approximate surface area is 136 Å². The summed E-state index contributed by atoms with van der Waals surface area (Å²) in [5.74, 6) is 1.32. The molecule has 0 atom stereocenters. The number of piperazine rings is 1. The minimum atomic E-state index is -3.36. The van der Waals surface area contributed by atoms with E-state index in [0.29, 0.717) is 45.6 Å². The van der Waals surface area contributed by atoms with Gasteiger partial charge in [-0.3, -0.25) is 14.8 Å². The van der Waals surface area contributed by atoms with Crippen LogP contribution in [0.5, 0.6) is 0 Å². The molecule has 1 saturated heterocycles. The number of amides is 1. The first-order chi connectivity index (χ1) is 10.8. The Bertz CT molecular complexity index is 687. The third-order valence-electron chi connectivity index (χ3n) is 4.93. The van der Waals surface area contributed by atoms with Crippen LogP contribution >= 0.6 is 0 Å². The Morgan fingerprint density at radius 1 is 1.26 bits per heavy atom. The van der Waals surface area contributed by atoms with Crippen molar-refractivity contribution in [3.63, 3.8) is 0 Å². The monoisotopic (exact) mass is 341 g/mol. The number of H-pyrrole nitrogens is 1. The maximum Gasteiger partial charge on any atom is 0.244 e. The van der Waals surface area contributed by atoms with Crippen molar-refractivity contribution in [2.45, 2.75) is 37.5 Å².